The highest BCUT2D eigenvalue weighted by atomic mass is 35.5. The molecule has 0 saturated heterocycles. The summed E-state index contributed by atoms with van der Waals surface area (Å²) >= 11 is 11.7. The summed E-state index contributed by atoms with van der Waals surface area (Å²) in [5, 5.41) is 7.63. The number of anilines is 1. The second-order valence-corrected chi connectivity index (χ2v) is 7.97. The van der Waals surface area contributed by atoms with E-state index in [-0.39, 0.29) is 5.54 Å². The maximum atomic E-state index is 12.1. The molecule has 3 rings (SSSR count). The minimum atomic E-state index is -0.443. The molecule has 1 fully saturated rings. The number of carbonyl (C=O) groups is 1. The highest BCUT2D eigenvalue weighted by Gasteiger charge is 2.36. The van der Waals surface area contributed by atoms with Gasteiger partial charge in [-0.1, -0.05) is 54.3 Å². The maximum Gasteiger partial charge on any atom is 0.339 e. The summed E-state index contributed by atoms with van der Waals surface area (Å²) in [5.74, 6) is -0.443. The van der Waals surface area contributed by atoms with Crippen LogP contribution in [0.3, 0.4) is 0 Å². The van der Waals surface area contributed by atoms with E-state index in [1.165, 1.54) is 11.1 Å². The second-order valence-electron chi connectivity index (χ2n) is 7.15. The molecule has 148 valence electrons. The third-order valence-electron chi connectivity index (χ3n) is 5.10. The van der Waals surface area contributed by atoms with E-state index < -0.39 is 5.97 Å². The summed E-state index contributed by atoms with van der Waals surface area (Å²) in [6.45, 7) is 4.17. The van der Waals surface area contributed by atoms with Crippen LogP contribution in [-0.4, -0.2) is 17.7 Å². The first-order chi connectivity index (χ1) is 13.4. The Hall–Kier alpha value is -2.11. The molecule has 28 heavy (non-hydrogen) atoms. The zero-order chi connectivity index (χ0) is 20.1. The summed E-state index contributed by atoms with van der Waals surface area (Å²) in [6.07, 6.45) is 4.40. The second kappa shape index (κ2) is 8.93. The summed E-state index contributed by atoms with van der Waals surface area (Å²) < 4.78 is 5.06. The number of aryl methyl sites for hydroxylation is 1. The van der Waals surface area contributed by atoms with E-state index in [9.17, 15) is 4.79 Å². The van der Waals surface area contributed by atoms with Crippen molar-refractivity contribution in [1.29, 1.82) is 0 Å². The van der Waals surface area contributed by atoms with Gasteiger partial charge in [-0.25, -0.2) is 4.79 Å². The number of carbonyl (C=O) groups excluding carboxylic acids is 1. The van der Waals surface area contributed by atoms with E-state index in [1.807, 2.05) is 0 Å². The molecule has 0 aliphatic heterocycles. The number of hydrogen-bond acceptors (Lipinski definition) is 3. The lowest BCUT2D eigenvalue weighted by Gasteiger charge is -2.33. The lowest BCUT2D eigenvalue weighted by molar-refractivity contribution is 0.0526. The van der Waals surface area contributed by atoms with E-state index in [2.05, 4.69) is 41.8 Å². The number of rotatable bonds is 5. The number of halogens is 1. The summed E-state index contributed by atoms with van der Waals surface area (Å²) in [6, 6.07) is 13.7. The van der Waals surface area contributed by atoms with Gasteiger partial charge in [0.05, 0.1) is 22.7 Å². The lowest BCUT2D eigenvalue weighted by Crippen LogP contribution is -2.45. The van der Waals surface area contributed by atoms with Crippen molar-refractivity contribution < 1.29 is 9.53 Å². The van der Waals surface area contributed by atoms with Gasteiger partial charge >= 0.3 is 5.97 Å². The van der Waals surface area contributed by atoms with Crippen molar-refractivity contribution >= 4 is 40.6 Å². The summed E-state index contributed by atoms with van der Waals surface area (Å²) in [7, 11) is 0. The average Bonchev–Trinajstić information content (AvgIpc) is 3.13. The molecule has 0 amide bonds. The van der Waals surface area contributed by atoms with E-state index in [4.69, 9.17) is 28.6 Å². The molecule has 1 aliphatic carbocycles. The van der Waals surface area contributed by atoms with Gasteiger partial charge in [-0.15, -0.1) is 0 Å². The van der Waals surface area contributed by atoms with E-state index in [1.54, 1.807) is 25.1 Å². The molecule has 4 nitrogen and oxygen atoms in total. The van der Waals surface area contributed by atoms with E-state index >= 15 is 0 Å². The SMILES string of the molecule is CCOC(=O)c1cc(NC(=S)NC2(c3cccc(C)c3)CCCC2)ccc1Cl. The van der Waals surface area contributed by atoms with Crippen LogP contribution in [0.4, 0.5) is 5.69 Å². The topological polar surface area (TPSA) is 50.4 Å². The molecule has 0 bridgehead atoms. The first-order valence-electron chi connectivity index (χ1n) is 9.56. The van der Waals surface area contributed by atoms with Crippen LogP contribution in [0.15, 0.2) is 42.5 Å². The van der Waals surface area contributed by atoms with E-state index in [0.717, 1.165) is 25.7 Å². The molecule has 2 aromatic carbocycles. The fourth-order valence-corrected chi connectivity index (χ4v) is 4.26. The first kappa shape index (κ1) is 20.6. The Bertz CT molecular complexity index is 879. The summed E-state index contributed by atoms with van der Waals surface area (Å²) in [5.41, 5.74) is 3.36. The zero-order valence-corrected chi connectivity index (χ0v) is 17.8. The third-order valence-corrected chi connectivity index (χ3v) is 5.63. The van der Waals surface area contributed by atoms with Gasteiger partial charge in [0, 0.05) is 5.69 Å². The Morgan fingerprint density at radius 2 is 1.96 bits per heavy atom. The Morgan fingerprint density at radius 3 is 2.64 bits per heavy atom. The number of esters is 1. The van der Waals surface area contributed by atoms with E-state index in [0.29, 0.717) is 28.0 Å². The van der Waals surface area contributed by atoms with Crippen LogP contribution < -0.4 is 10.6 Å². The molecule has 0 atom stereocenters. The smallest absolute Gasteiger partial charge is 0.339 e. The van der Waals surface area contributed by atoms with Crippen molar-refractivity contribution in [1.82, 2.24) is 5.32 Å². The molecule has 2 aromatic rings. The summed E-state index contributed by atoms with van der Waals surface area (Å²) in [4.78, 5) is 12.1. The lowest BCUT2D eigenvalue weighted by atomic mass is 9.87. The largest absolute Gasteiger partial charge is 0.462 e. The Kier molecular flexibility index (Phi) is 6.57. The van der Waals surface area contributed by atoms with Gasteiger partial charge in [0.2, 0.25) is 0 Å². The van der Waals surface area contributed by atoms with Crippen LogP contribution in [0.1, 0.15) is 54.1 Å². The van der Waals surface area contributed by atoms with Gasteiger partial charge in [0.15, 0.2) is 5.11 Å². The number of nitrogens with one attached hydrogen (secondary N) is 2. The Labute approximate surface area is 176 Å². The molecule has 0 aromatic heterocycles. The normalized spacial score (nSPS) is 15.1. The van der Waals surface area contributed by atoms with Crippen LogP contribution in [0.2, 0.25) is 5.02 Å². The fourth-order valence-electron chi connectivity index (χ4n) is 3.76. The zero-order valence-electron chi connectivity index (χ0n) is 16.2. The van der Waals surface area contributed by atoms with Crippen molar-refractivity contribution in [3.63, 3.8) is 0 Å². The number of ether oxygens (including phenoxy) is 1. The van der Waals surface area contributed by atoms with Crippen LogP contribution in [0.5, 0.6) is 0 Å². The number of hydrogen-bond donors (Lipinski definition) is 2. The molecule has 0 radical (unpaired) electrons. The number of thiocarbonyl (C=S) groups is 1. The Balaban J connectivity index is 1.77. The van der Waals surface area contributed by atoms with Crippen LogP contribution in [0, 0.1) is 6.92 Å². The van der Waals surface area contributed by atoms with Gasteiger partial charge < -0.3 is 15.4 Å². The molecule has 0 unspecified atom stereocenters. The Morgan fingerprint density at radius 1 is 1.21 bits per heavy atom. The van der Waals surface area contributed by atoms with Crippen molar-refractivity contribution in [2.75, 3.05) is 11.9 Å². The van der Waals surface area contributed by atoms with Crippen molar-refractivity contribution in [3.05, 3.63) is 64.2 Å². The van der Waals surface area contributed by atoms with Crippen molar-refractivity contribution in [2.24, 2.45) is 0 Å². The molecular weight excluding hydrogens is 392 g/mol. The molecule has 1 aliphatic rings. The minimum Gasteiger partial charge on any atom is -0.462 e. The predicted molar refractivity (Wildman–Crippen MR) is 118 cm³/mol. The number of benzene rings is 2. The first-order valence-corrected chi connectivity index (χ1v) is 10.3. The van der Waals surface area contributed by atoms with Crippen LogP contribution in [-0.2, 0) is 10.3 Å². The van der Waals surface area contributed by atoms with Crippen molar-refractivity contribution in [3.8, 4) is 0 Å². The van der Waals surface area contributed by atoms with Gasteiger partial charge in [0.1, 0.15) is 0 Å². The van der Waals surface area contributed by atoms with Gasteiger partial charge in [-0.05, 0) is 62.7 Å². The quantitative estimate of drug-likeness (QED) is 0.492. The average molecular weight is 417 g/mol. The highest BCUT2D eigenvalue weighted by Crippen LogP contribution is 2.39. The van der Waals surface area contributed by atoms with Crippen LogP contribution >= 0.6 is 23.8 Å². The predicted octanol–water partition coefficient (Wildman–Crippen LogP) is 5.58. The standard InChI is InChI=1S/C22H25ClN2O2S/c1-3-27-20(26)18-14-17(9-10-19(18)23)24-21(28)25-22(11-4-5-12-22)16-8-6-7-15(2)13-16/h6-10,13-14H,3-5,11-12H2,1-2H3,(H2,24,25,28). The molecule has 0 spiro atoms. The van der Waals surface area contributed by atoms with Crippen LogP contribution in [0.25, 0.3) is 0 Å². The fraction of sp³-hybridized carbons (Fsp3) is 0.364. The molecule has 1 saturated carbocycles. The maximum absolute atomic E-state index is 12.1. The molecule has 0 heterocycles. The van der Waals surface area contributed by atoms with Gasteiger partial charge in [0.25, 0.3) is 0 Å². The molecular formula is C22H25ClN2O2S. The molecule has 2 N–H and O–H groups in total. The third kappa shape index (κ3) is 4.65. The van der Waals surface area contributed by atoms with Gasteiger partial charge in [-0.3, -0.25) is 0 Å². The molecule has 6 heteroatoms. The monoisotopic (exact) mass is 416 g/mol. The minimum absolute atomic E-state index is 0.160. The van der Waals surface area contributed by atoms with Gasteiger partial charge in [-0.2, -0.15) is 0 Å². The highest BCUT2D eigenvalue weighted by molar-refractivity contribution is 7.80. The van der Waals surface area contributed by atoms with Crippen molar-refractivity contribution in [2.45, 2.75) is 45.1 Å².